The molecule has 164 valence electrons. The molecule has 2 unspecified atom stereocenters. The molecule has 2 fully saturated rings. The van der Waals surface area contributed by atoms with Crippen molar-refractivity contribution in [2.24, 2.45) is 0 Å². The molecule has 2 saturated heterocycles. The van der Waals surface area contributed by atoms with E-state index in [9.17, 15) is 0 Å². The molecule has 0 amide bonds. The normalized spacial score (nSPS) is 22.0. The molecule has 0 spiro atoms. The Morgan fingerprint density at radius 2 is 1.78 bits per heavy atom. The van der Waals surface area contributed by atoms with E-state index in [0.717, 1.165) is 35.7 Å². The van der Waals surface area contributed by atoms with Gasteiger partial charge in [0, 0.05) is 42.3 Å². The number of aromatic nitrogens is 4. The minimum absolute atomic E-state index is 0.163. The molecule has 7 nitrogen and oxygen atoms in total. The van der Waals surface area contributed by atoms with E-state index >= 15 is 4.39 Å². The quantitative estimate of drug-likeness (QED) is 0.663. The summed E-state index contributed by atoms with van der Waals surface area (Å²) in [6.45, 7) is 1.41. The Hall–Kier alpha value is -3.29. The van der Waals surface area contributed by atoms with Crippen molar-refractivity contribution in [3.05, 3.63) is 60.1 Å². The number of piperidine rings is 1. The van der Waals surface area contributed by atoms with Crippen LogP contribution in [0.25, 0.3) is 0 Å². The maximum atomic E-state index is 15.2. The Morgan fingerprint density at radius 3 is 2.56 bits per heavy atom. The van der Waals surface area contributed by atoms with E-state index in [2.05, 4.69) is 35.1 Å². The summed E-state index contributed by atoms with van der Waals surface area (Å²) in [6, 6.07) is 8.29. The SMILES string of the molecule is Fc1cc(Nc2ncnc3c2CCN(c2ncccn2)C3)ccc1N1C2CCCC1CC2. The number of hydrogen-bond acceptors (Lipinski definition) is 7. The van der Waals surface area contributed by atoms with E-state index in [1.54, 1.807) is 24.8 Å². The number of fused-ring (bicyclic) bond motifs is 3. The fraction of sp³-hybridized carbons (Fsp3) is 0.417. The van der Waals surface area contributed by atoms with Crippen molar-refractivity contribution < 1.29 is 4.39 Å². The standard InChI is InChI=1S/C24H26FN7/c25-20-13-16(5-8-22(20)32-17-3-1-4-18(32)7-6-17)30-23-19-9-12-31(14-21(19)28-15-29-23)24-26-10-2-11-27-24/h2,5,8,10-11,13,15,17-18H,1,3-4,6-7,9,12,14H2,(H,28,29,30). The predicted octanol–water partition coefficient (Wildman–Crippen LogP) is 4.23. The monoisotopic (exact) mass is 431 g/mol. The highest BCUT2D eigenvalue weighted by Gasteiger charge is 2.37. The zero-order valence-electron chi connectivity index (χ0n) is 17.9. The van der Waals surface area contributed by atoms with Crippen LogP contribution in [0.15, 0.2) is 43.0 Å². The highest BCUT2D eigenvalue weighted by atomic mass is 19.1. The summed E-state index contributed by atoms with van der Waals surface area (Å²) in [5, 5.41) is 3.34. The highest BCUT2D eigenvalue weighted by molar-refractivity contribution is 5.65. The van der Waals surface area contributed by atoms with E-state index in [-0.39, 0.29) is 5.82 Å². The molecule has 3 aromatic rings. The zero-order valence-corrected chi connectivity index (χ0v) is 17.9. The smallest absolute Gasteiger partial charge is 0.225 e. The van der Waals surface area contributed by atoms with Crippen molar-refractivity contribution in [1.82, 2.24) is 19.9 Å². The van der Waals surface area contributed by atoms with Crippen LogP contribution in [0.2, 0.25) is 0 Å². The van der Waals surface area contributed by atoms with Crippen molar-refractivity contribution in [3.63, 3.8) is 0 Å². The van der Waals surface area contributed by atoms with Gasteiger partial charge in [0.25, 0.3) is 0 Å². The molecule has 8 heteroatoms. The van der Waals surface area contributed by atoms with Crippen LogP contribution in [0.4, 0.5) is 27.5 Å². The molecule has 1 N–H and O–H groups in total. The first-order chi connectivity index (χ1) is 15.8. The van der Waals surface area contributed by atoms with Crippen LogP contribution in [-0.2, 0) is 13.0 Å². The zero-order chi connectivity index (χ0) is 21.5. The predicted molar refractivity (Wildman–Crippen MR) is 122 cm³/mol. The average Bonchev–Trinajstić information content (AvgIpc) is 3.06. The molecule has 0 radical (unpaired) electrons. The molecule has 1 aromatic carbocycles. The molecule has 0 saturated carbocycles. The molecule has 0 aliphatic carbocycles. The molecular formula is C24H26FN7. The first kappa shape index (κ1) is 19.4. The van der Waals surface area contributed by atoms with E-state index in [0.29, 0.717) is 30.3 Å². The lowest BCUT2D eigenvalue weighted by atomic mass is 10.0. The van der Waals surface area contributed by atoms with Gasteiger partial charge in [-0.25, -0.2) is 24.3 Å². The van der Waals surface area contributed by atoms with Crippen LogP contribution in [0.1, 0.15) is 43.4 Å². The third kappa shape index (κ3) is 3.43. The summed E-state index contributed by atoms with van der Waals surface area (Å²) in [5.74, 6) is 1.29. The van der Waals surface area contributed by atoms with E-state index < -0.39 is 0 Å². The highest BCUT2D eigenvalue weighted by Crippen LogP contribution is 2.40. The molecule has 6 rings (SSSR count). The Labute approximate surface area is 186 Å². The van der Waals surface area contributed by atoms with E-state index in [1.807, 2.05) is 18.2 Å². The summed E-state index contributed by atoms with van der Waals surface area (Å²) >= 11 is 0. The lowest BCUT2D eigenvalue weighted by molar-refractivity contribution is 0.460. The average molecular weight is 432 g/mol. The first-order valence-corrected chi connectivity index (χ1v) is 11.5. The van der Waals surface area contributed by atoms with Gasteiger partial charge in [0.05, 0.1) is 17.9 Å². The van der Waals surface area contributed by atoms with Crippen LogP contribution >= 0.6 is 0 Å². The number of hydrogen-bond donors (Lipinski definition) is 1. The summed E-state index contributed by atoms with van der Waals surface area (Å²) in [6.07, 6.45) is 11.8. The van der Waals surface area contributed by atoms with Crippen LogP contribution in [0.5, 0.6) is 0 Å². The van der Waals surface area contributed by atoms with Gasteiger partial charge >= 0.3 is 0 Å². The fourth-order valence-electron chi connectivity index (χ4n) is 5.53. The van der Waals surface area contributed by atoms with Crippen molar-refractivity contribution in [2.75, 3.05) is 21.7 Å². The van der Waals surface area contributed by atoms with Gasteiger partial charge in [-0.1, -0.05) is 0 Å². The molecule has 2 atom stereocenters. The number of halogens is 1. The van der Waals surface area contributed by atoms with Crippen molar-refractivity contribution in [3.8, 4) is 0 Å². The van der Waals surface area contributed by atoms with Gasteiger partial charge in [-0.05, 0) is 62.8 Å². The van der Waals surface area contributed by atoms with Crippen LogP contribution in [0.3, 0.4) is 0 Å². The van der Waals surface area contributed by atoms with Crippen LogP contribution in [-0.4, -0.2) is 38.6 Å². The molecule has 32 heavy (non-hydrogen) atoms. The number of anilines is 4. The maximum absolute atomic E-state index is 15.2. The number of benzene rings is 1. The lowest BCUT2D eigenvalue weighted by Crippen LogP contribution is -2.40. The van der Waals surface area contributed by atoms with Crippen molar-refractivity contribution in [2.45, 2.75) is 57.2 Å². The van der Waals surface area contributed by atoms with Crippen LogP contribution < -0.4 is 15.1 Å². The molecule has 2 bridgehead atoms. The van der Waals surface area contributed by atoms with Crippen molar-refractivity contribution >= 4 is 23.1 Å². The largest absolute Gasteiger partial charge is 0.363 e. The number of nitrogens with zero attached hydrogens (tertiary/aromatic N) is 6. The fourth-order valence-corrected chi connectivity index (χ4v) is 5.53. The minimum atomic E-state index is -0.163. The van der Waals surface area contributed by atoms with Gasteiger partial charge in [0.1, 0.15) is 18.0 Å². The Bertz CT molecular complexity index is 1110. The second-order valence-corrected chi connectivity index (χ2v) is 8.88. The summed E-state index contributed by atoms with van der Waals surface area (Å²) < 4.78 is 15.2. The lowest BCUT2D eigenvalue weighted by Gasteiger charge is -2.37. The maximum Gasteiger partial charge on any atom is 0.225 e. The summed E-state index contributed by atoms with van der Waals surface area (Å²) in [5.41, 5.74) is 3.47. The molecular weight excluding hydrogens is 405 g/mol. The molecule has 2 aromatic heterocycles. The Balaban J connectivity index is 1.22. The van der Waals surface area contributed by atoms with E-state index in [1.165, 1.54) is 32.1 Å². The molecule has 3 aliphatic rings. The van der Waals surface area contributed by atoms with E-state index in [4.69, 9.17) is 0 Å². The van der Waals surface area contributed by atoms with Gasteiger partial charge in [0.15, 0.2) is 0 Å². The Morgan fingerprint density at radius 1 is 0.969 bits per heavy atom. The summed E-state index contributed by atoms with van der Waals surface area (Å²) in [4.78, 5) is 22.1. The summed E-state index contributed by atoms with van der Waals surface area (Å²) in [7, 11) is 0. The third-order valence-electron chi connectivity index (χ3n) is 7.03. The number of nitrogens with one attached hydrogen (secondary N) is 1. The number of rotatable bonds is 4. The first-order valence-electron chi connectivity index (χ1n) is 11.5. The van der Waals surface area contributed by atoms with Crippen molar-refractivity contribution in [1.29, 1.82) is 0 Å². The van der Waals surface area contributed by atoms with Crippen LogP contribution in [0, 0.1) is 5.82 Å². The van der Waals surface area contributed by atoms with Gasteiger partial charge in [-0.3, -0.25) is 0 Å². The van der Waals surface area contributed by atoms with Gasteiger partial charge in [-0.15, -0.1) is 0 Å². The third-order valence-corrected chi connectivity index (χ3v) is 7.03. The molecule has 5 heterocycles. The second-order valence-electron chi connectivity index (χ2n) is 8.88. The van der Waals surface area contributed by atoms with Gasteiger partial charge in [-0.2, -0.15) is 0 Å². The topological polar surface area (TPSA) is 70.1 Å². The minimum Gasteiger partial charge on any atom is -0.363 e. The van der Waals surface area contributed by atoms with Gasteiger partial charge < -0.3 is 15.1 Å². The Kier molecular flexibility index (Phi) is 4.85. The molecule has 3 aliphatic heterocycles. The van der Waals surface area contributed by atoms with Gasteiger partial charge in [0.2, 0.25) is 5.95 Å². The second kappa shape index (κ2) is 8.00.